The van der Waals surface area contributed by atoms with Crippen LogP contribution in [0, 0.1) is 0 Å². The van der Waals surface area contributed by atoms with Crippen LogP contribution in [-0.2, 0) is 11.2 Å². The molecule has 9 nitrogen and oxygen atoms in total. The Labute approximate surface area is 181 Å². The molecule has 31 heavy (non-hydrogen) atoms. The van der Waals surface area contributed by atoms with Gasteiger partial charge in [-0.2, -0.15) is 9.97 Å². The number of morpholine rings is 1. The topological polar surface area (TPSA) is 112 Å². The molecule has 0 saturated carbocycles. The van der Waals surface area contributed by atoms with Crippen molar-refractivity contribution in [2.45, 2.75) is 32.3 Å². The Morgan fingerprint density at radius 1 is 1.16 bits per heavy atom. The lowest BCUT2D eigenvalue weighted by Crippen LogP contribution is -2.37. The van der Waals surface area contributed by atoms with E-state index in [-0.39, 0.29) is 18.4 Å². The number of rotatable bonds is 7. The van der Waals surface area contributed by atoms with Crippen molar-refractivity contribution in [2.24, 2.45) is 0 Å². The highest BCUT2D eigenvalue weighted by atomic mass is 16.5. The van der Waals surface area contributed by atoms with E-state index in [2.05, 4.69) is 31.8 Å². The largest absolute Gasteiger partial charge is 0.508 e. The summed E-state index contributed by atoms with van der Waals surface area (Å²) in [6.45, 7) is 6.17. The molecule has 1 aliphatic carbocycles. The number of hydrogen-bond acceptors (Lipinski definition) is 9. The Morgan fingerprint density at radius 3 is 2.74 bits per heavy atom. The Morgan fingerprint density at radius 2 is 1.97 bits per heavy atom. The van der Waals surface area contributed by atoms with Gasteiger partial charge >= 0.3 is 6.01 Å². The molecule has 0 bridgehead atoms. The Kier molecular flexibility index (Phi) is 6.15. The van der Waals surface area contributed by atoms with Gasteiger partial charge in [0.1, 0.15) is 18.2 Å². The molecular formula is C22H29N5O4. The lowest BCUT2D eigenvalue weighted by molar-refractivity contribution is 0.0250. The quantitative estimate of drug-likeness (QED) is 0.493. The highest BCUT2D eigenvalue weighted by Crippen LogP contribution is 2.28. The number of hydrazine groups is 1. The number of aliphatic hydroxyl groups is 1. The molecule has 4 N–H and O–H groups in total. The molecule has 2 aromatic rings. The van der Waals surface area contributed by atoms with Crippen molar-refractivity contribution in [3.8, 4) is 11.8 Å². The number of nitrogens with one attached hydrogen (secondary N) is 2. The Bertz CT molecular complexity index is 951. The predicted molar refractivity (Wildman–Crippen MR) is 118 cm³/mol. The summed E-state index contributed by atoms with van der Waals surface area (Å²) in [5.41, 5.74) is 8.45. The van der Waals surface area contributed by atoms with Crippen molar-refractivity contribution in [3.63, 3.8) is 0 Å². The summed E-state index contributed by atoms with van der Waals surface area (Å²) < 4.78 is 11.1. The fraction of sp³-hybridized carbons (Fsp3) is 0.455. The minimum atomic E-state index is -0.994. The summed E-state index contributed by atoms with van der Waals surface area (Å²) in [5.74, 6) is 1.55. The van der Waals surface area contributed by atoms with E-state index in [0.717, 1.165) is 48.6 Å². The molecule has 2 aliphatic rings. The molecule has 0 unspecified atom stereocenters. The maximum atomic E-state index is 9.99. The summed E-state index contributed by atoms with van der Waals surface area (Å²) >= 11 is 0. The van der Waals surface area contributed by atoms with Gasteiger partial charge in [0, 0.05) is 24.7 Å². The van der Waals surface area contributed by atoms with Crippen LogP contribution in [0.15, 0.2) is 30.3 Å². The standard InChI is InChI=1S/C22H29N5O4/c1-22(2,29)14-31-21-23-19(13-20(24-21)27-8-10-30-11-9-27)26-25-18-5-3-4-15-12-16(28)6-7-17(15)18/h5-7,12-13,25,28-29H,3-4,8-11,14H2,1-2H3,(H,23,24,26). The van der Waals surface area contributed by atoms with Crippen molar-refractivity contribution in [1.29, 1.82) is 0 Å². The van der Waals surface area contributed by atoms with Crippen LogP contribution in [0.4, 0.5) is 11.6 Å². The first kappa shape index (κ1) is 21.2. The van der Waals surface area contributed by atoms with E-state index < -0.39 is 5.60 Å². The Balaban J connectivity index is 1.53. The van der Waals surface area contributed by atoms with E-state index in [1.165, 1.54) is 0 Å². The molecule has 0 spiro atoms. The molecule has 1 aromatic carbocycles. The Hall–Kier alpha value is -3.04. The average Bonchev–Trinajstić information content (AvgIpc) is 2.76. The highest BCUT2D eigenvalue weighted by molar-refractivity contribution is 5.70. The number of ether oxygens (including phenoxy) is 2. The third-order valence-corrected chi connectivity index (χ3v) is 5.05. The zero-order valence-corrected chi connectivity index (χ0v) is 17.9. The van der Waals surface area contributed by atoms with E-state index >= 15 is 0 Å². The summed E-state index contributed by atoms with van der Waals surface area (Å²) in [6.07, 6.45) is 3.88. The summed E-state index contributed by atoms with van der Waals surface area (Å²) in [7, 11) is 0. The molecule has 0 amide bonds. The zero-order chi connectivity index (χ0) is 21.8. The number of hydrogen-bond donors (Lipinski definition) is 4. The van der Waals surface area contributed by atoms with Gasteiger partial charge in [-0.05, 0) is 50.5 Å². The maximum Gasteiger partial charge on any atom is 0.320 e. The molecule has 1 saturated heterocycles. The van der Waals surface area contributed by atoms with Gasteiger partial charge in [-0.25, -0.2) is 0 Å². The van der Waals surface area contributed by atoms with Crippen LogP contribution in [-0.4, -0.2) is 58.7 Å². The number of anilines is 2. The van der Waals surface area contributed by atoms with Crippen molar-refractivity contribution in [2.75, 3.05) is 43.2 Å². The molecular weight excluding hydrogens is 398 g/mol. The molecule has 1 fully saturated rings. The van der Waals surface area contributed by atoms with Gasteiger partial charge in [-0.3, -0.25) is 10.9 Å². The molecule has 0 atom stereocenters. The van der Waals surface area contributed by atoms with Gasteiger partial charge < -0.3 is 24.6 Å². The summed E-state index contributed by atoms with van der Waals surface area (Å²) in [5, 5.41) is 19.7. The maximum absolute atomic E-state index is 9.99. The van der Waals surface area contributed by atoms with Crippen LogP contribution >= 0.6 is 0 Å². The van der Waals surface area contributed by atoms with Crippen molar-refractivity contribution < 1.29 is 19.7 Å². The van der Waals surface area contributed by atoms with Crippen molar-refractivity contribution in [1.82, 2.24) is 15.4 Å². The van der Waals surface area contributed by atoms with Crippen LogP contribution in [0.5, 0.6) is 11.8 Å². The van der Waals surface area contributed by atoms with Crippen LogP contribution < -0.4 is 20.5 Å². The number of nitrogens with zero attached hydrogens (tertiary/aromatic N) is 3. The van der Waals surface area contributed by atoms with E-state index in [1.807, 2.05) is 12.1 Å². The third-order valence-electron chi connectivity index (χ3n) is 5.05. The summed E-state index contributed by atoms with van der Waals surface area (Å²) in [4.78, 5) is 11.1. The first-order valence-electron chi connectivity index (χ1n) is 10.5. The molecule has 1 aliphatic heterocycles. The van der Waals surface area contributed by atoms with Crippen LogP contribution in [0.2, 0.25) is 0 Å². The third kappa shape index (κ3) is 5.56. The number of phenols is 1. The first-order valence-corrected chi connectivity index (χ1v) is 10.5. The van der Waals surface area contributed by atoms with Crippen molar-refractivity contribution >= 4 is 17.3 Å². The van der Waals surface area contributed by atoms with E-state index in [1.54, 1.807) is 26.0 Å². The number of aryl methyl sites for hydroxylation is 1. The number of fused-ring (bicyclic) bond motifs is 1. The van der Waals surface area contributed by atoms with Crippen LogP contribution in [0.1, 0.15) is 31.4 Å². The fourth-order valence-corrected chi connectivity index (χ4v) is 3.52. The lowest BCUT2D eigenvalue weighted by Gasteiger charge is -2.28. The van der Waals surface area contributed by atoms with Gasteiger partial charge in [0.25, 0.3) is 0 Å². The van der Waals surface area contributed by atoms with Gasteiger partial charge in [-0.1, -0.05) is 6.08 Å². The van der Waals surface area contributed by atoms with Gasteiger partial charge in [-0.15, -0.1) is 0 Å². The highest BCUT2D eigenvalue weighted by Gasteiger charge is 2.19. The van der Waals surface area contributed by atoms with Crippen molar-refractivity contribution in [3.05, 3.63) is 41.5 Å². The van der Waals surface area contributed by atoms with E-state index in [9.17, 15) is 10.2 Å². The normalized spacial score (nSPS) is 16.4. The van der Waals surface area contributed by atoms with Crippen LogP contribution in [0.3, 0.4) is 0 Å². The number of aromatic nitrogens is 2. The molecule has 1 aromatic heterocycles. The fourth-order valence-electron chi connectivity index (χ4n) is 3.52. The minimum absolute atomic E-state index is 0.0778. The minimum Gasteiger partial charge on any atom is -0.508 e. The smallest absolute Gasteiger partial charge is 0.320 e. The number of allylic oxidation sites excluding steroid dienone is 1. The number of benzene rings is 1. The van der Waals surface area contributed by atoms with Gasteiger partial charge in [0.15, 0.2) is 5.82 Å². The molecule has 2 heterocycles. The second-order valence-electron chi connectivity index (χ2n) is 8.34. The van der Waals surface area contributed by atoms with Crippen LogP contribution in [0.25, 0.3) is 5.70 Å². The molecule has 0 radical (unpaired) electrons. The monoisotopic (exact) mass is 427 g/mol. The first-order chi connectivity index (χ1) is 14.9. The SMILES string of the molecule is CC(C)(O)COc1nc(NNC2=CCCc3cc(O)ccc32)cc(N2CCOCC2)n1. The molecule has 4 rings (SSSR count). The number of phenolic OH excluding ortho intramolecular Hbond substituents is 1. The predicted octanol–water partition coefficient (Wildman–Crippen LogP) is 2.07. The number of aromatic hydroxyl groups is 1. The lowest BCUT2D eigenvalue weighted by atomic mass is 9.95. The van der Waals surface area contributed by atoms with Gasteiger partial charge in [0.2, 0.25) is 0 Å². The zero-order valence-electron chi connectivity index (χ0n) is 17.9. The molecule has 166 valence electrons. The van der Waals surface area contributed by atoms with Gasteiger partial charge in [0.05, 0.1) is 24.5 Å². The summed E-state index contributed by atoms with van der Waals surface area (Å²) in [6, 6.07) is 7.44. The molecule has 9 heteroatoms. The van der Waals surface area contributed by atoms with E-state index in [4.69, 9.17) is 9.47 Å². The second kappa shape index (κ2) is 8.99. The van der Waals surface area contributed by atoms with E-state index in [0.29, 0.717) is 19.0 Å². The second-order valence-corrected chi connectivity index (χ2v) is 8.34. The average molecular weight is 428 g/mol.